The number of fused-ring (bicyclic) bond motifs is 1. The Kier molecular flexibility index (Phi) is 3.66. The highest BCUT2D eigenvalue weighted by atomic mass is 79.9. The highest BCUT2D eigenvalue weighted by molar-refractivity contribution is 9.10. The third-order valence-corrected chi connectivity index (χ3v) is 6.09. The molecule has 0 bridgehead atoms. The molecular weight excluding hydrogens is 380 g/mol. The fourth-order valence-electron chi connectivity index (χ4n) is 4.22. The minimum Gasteiger partial charge on any atom is -0.456 e. The molecule has 1 aliphatic carbocycles. The highest BCUT2D eigenvalue weighted by Crippen LogP contribution is 2.55. The molecule has 1 atom stereocenters. The SMILES string of the molecule is CC1(C)C(=O)OC(c2ccc(Br)cc2)C2(Cc3ccccc3C2)C1=O. The molecule has 0 radical (unpaired) electrons. The summed E-state index contributed by atoms with van der Waals surface area (Å²) in [4.78, 5) is 26.0. The van der Waals surface area contributed by atoms with Gasteiger partial charge in [-0.15, -0.1) is 0 Å². The van der Waals surface area contributed by atoms with Crippen LogP contribution in [0.1, 0.15) is 36.6 Å². The van der Waals surface area contributed by atoms with Crippen molar-refractivity contribution in [2.24, 2.45) is 10.8 Å². The third-order valence-electron chi connectivity index (χ3n) is 5.56. The topological polar surface area (TPSA) is 43.4 Å². The van der Waals surface area contributed by atoms with Crippen molar-refractivity contribution >= 4 is 27.7 Å². The van der Waals surface area contributed by atoms with Gasteiger partial charge < -0.3 is 4.74 Å². The monoisotopic (exact) mass is 398 g/mol. The lowest BCUT2D eigenvalue weighted by Gasteiger charge is -2.45. The second-order valence-corrected chi connectivity index (χ2v) is 8.49. The van der Waals surface area contributed by atoms with Crippen LogP contribution in [-0.4, -0.2) is 11.8 Å². The Hall–Kier alpha value is -1.94. The molecule has 1 spiro atoms. The lowest BCUT2D eigenvalue weighted by Crippen LogP contribution is -2.55. The molecule has 2 aromatic rings. The fourth-order valence-corrected chi connectivity index (χ4v) is 4.48. The number of ketones is 1. The number of carbonyl (C=O) groups excluding carboxylic acids is 2. The molecule has 1 unspecified atom stereocenters. The summed E-state index contributed by atoms with van der Waals surface area (Å²) in [6, 6.07) is 15.8. The van der Waals surface area contributed by atoms with Gasteiger partial charge in [0.25, 0.3) is 0 Å². The van der Waals surface area contributed by atoms with Gasteiger partial charge in [-0.2, -0.15) is 0 Å². The van der Waals surface area contributed by atoms with E-state index in [2.05, 4.69) is 28.1 Å². The predicted molar refractivity (Wildman–Crippen MR) is 98.0 cm³/mol. The van der Waals surface area contributed by atoms with E-state index in [1.165, 1.54) is 11.1 Å². The maximum absolute atomic E-state index is 13.5. The molecule has 128 valence electrons. The van der Waals surface area contributed by atoms with E-state index in [1.54, 1.807) is 13.8 Å². The molecule has 4 heteroatoms. The number of esters is 1. The predicted octanol–water partition coefficient (Wildman–Crippen LogP) is 4.43. The normalized spacial score (nSPS) is 23.4. The van der Waals surface area contributed by atoms with Crippen molar-refractivity contribution in [3.63, 3.8) is 0 Å². The summed E-state index contributed by atoms with van der Waals surface area (Å²) >= 11 is 3.43. The number of cyclic esters (lactones) is 1. The van der Waals surface area contributed by atoms with Crippen LogP contribution in [0.15, 0.2) is 53.0 Å². The van der Waals surface area contributed by atoms with Crippen LogP contribution in [0.5, 0.6) is 0 Å². The average molecular weight is 399 g/mol. The standard InChI is InChI=1S/C21H19BrO3/c1-20(2)18(23)21(11-14-5-3-4-6-15(14)12-21)17(25-19(20)24)13-7-9-16(22)10-8-13/h3-10,17H,11-12H2,1-2H3. The second-order valence-electron chi connectivity index (χ2n) is 7.57. The van der Waals surface area contributed by atoms with Gasteiger partial charge in [0, 0.05) is 4.47 Å². The summed E-state index contributed by atoms with van der Waals surface area (Å²) in [6.07, 6.45) is 0.667. The van der Waals surface area contributed by atoms with E-state index >= 15 is 0 Å². The molecule has 0 amide bonds. The van der Waals surface area contributed by atoms with Crippen LogP contribution >= 0.6 is 15.9 Å². The summed E-state index contributed by atoms with van der Waals surface area (Å²) in [5, 5.41) is 0. The van der Waals surface area contributed by atoms with Crippen molar-refractivity contribution in [2.45, 2.75) is 32.8 Å². The van der Waals surface area contributed by atoms with Crippen molar-refractivity contribution in [3.8, 4) is 0 Å². The summed E-state index contributed by atoms with van der Waals surface area (Å²) in [6.45, 7) is 3.36. The van der Waals surface area contributed by atoms with E-state index in [0.29, 0.717) is 12.8 Å². The molecule has 0 aromatic heterocycles. The first-order valence-corrected chi connectivity index (χ1v) is 9.22. The van der Waals surface area contributed by atoms with Gasteiger partial charge in [-0.25, -0.2) is 0 Å². The largest absolute Gasteiger partial charge is 0.456 e. The van der Waals surface area contributed by atoms with E-state index in [-0.39, 0.29) is 5.78 Å². The summed E-state index contributed by atoms with van der Waals surface area (Å²) < 4.78 is 6.84. The van der Waals surface area contributed by atoms with Gasteiger partial charge in [-0.1, -0.05) is 52.3 Å². The number of rotatable bonds is 1. The van der Waals surface area contributed by atoms with Crippen LogP contribution in [0.25, 0.3) is 0 Å². The van der Waals surface area contributed by atoms with E-state index in [4.69, 9.17) is 4.74 Å². The fraction of sp³-hybridized carbons (Fsp3) is 0.333. The van der Waals surface area contributed by atoms with E-state index < -0.39 is 22.9 Å². The lowest BCUT2D eigenvalue weighted by molar-refractivity contribution is -0.188. The summed E-state index contributed by atoms with van der Waals surface area (Å²) in [5.41, 5.74) is 1.37. The van der Waals surface area contributed by atoms with E-state index in [1.807, 2.05) is 36.4 Å². The maximum Gasteiger partial charge on any atom is 0.319 e. The van der Waals surface area contributed by atoms with Gasteiger partial charge in [0.1, 0.15) is 11.5 Å². The summed E-state index contributed by atoms with van der Waals surface area (Å²) in [7, 11) is 0. The van der Waals surface area contributed by atoms with Crippen molar-refractivity contribution < 1.29 is 14.3 Å². The Morgan fingerprint density at radius 2 is 1.52 bits per heavy atom. The number of benzene rings is 2. The molecule has 1 fully saturated rings. The molecule has 3 nitrogen and oxygen atoms in total. The van der Waals surface area contributed by atoms with Gasteiger partial charge in [-0.05, 0) is 55.5 Å². The van der Waals surface area contributed by atoms with Crippen LogP contribution in [-0.2, 0) is 27.2 Å². The molecule has 1 aliphatic heterocycles. The maximum atomic E-state index is 13.5. The smallest absolute Gasteiger partial charge is 0.319 e. The van der Waals surface area contributed by atoms with E-state index in [0.717, 1.165) is 10.0 Å². The molecule has 2 aromatic carbocycles. The van der Waals surface area contributed by atoms with Crippen LogP contribution in [0.3, 0.4) is 0 Å². The van der Waals surface area contributed by atoms with Crippen molar-refractivity contribution in [1.82, 2.24) is 0 Å². The van der Waals surface area contributed by atoms with Crippen LogP contribution < -0.4 is 0 Å². The van der Waals surface area contributed by atoms with Crippen molar-refractivity contribution in [2.75, 3.05) is 0 Å². The Morgan fingerprint density at radius 3 is 2.08 bits per heavy atom. The minimum absolute atomic E-state index is 0.0135. The average Bonchev–Trinajstić information content (AvgIpc) is 2.98. The quantitative estimate of drug-likeness (QED) is 0.527. The minimum atomic E-state index is -1.12. The van der Waals surface area contributed by atoms with Gasteiger partial charge in [0.2, 0.25) is 0 Å². The number of ether oxygens (including phenoxy) is 1. The first-order valence-electron chi connectivity index (χ1n) is 8.43. The van der Waals surface area contributed by atoms with Crippen LogP contribution in [0.2, 0.25) is 0 Å². The molecular formula is C21H19BrO3. The van der Waals surface area contributed by atoms with Crippen LogP contribution in [0, 0.1) is 10.8 Å². The Morgan fingerprint density at radius 1 is 0.960 bits per heavy atom. The molecule has 25 heavy (non-hydrogen) atoms. The summed E-state index contributed by atoms with van der Waals surface area (Å²) in [5.74, 6) is -0.452. The van der Waals surface area contributed by atoms with Gasteiger partial charge in [0.15, 0.2) is 5.78 Å². The first-order chi connectivity index (χ1) is 11.8. The number of Topliss-reactive ketones (excluding diaryl/α,β-unsaturated/α-hetero) is 1. The highest BCUT2D eigenvalue weighted by Gasteiger charge is 2.62. The second kappa shape index (κ2) is 5.53. The number of halogens is 1. The van der Waals surface area contributed by atoms with Crippen LogP contribution in [0.4, 0.5) is 0 Å². The third kappa shape index (κ3) is 2.38. The molecule has 4 rings (SSSR count). The first kappa shape index (κ1) is 16.5. The Bertz CT molecular complexity index is 842. The molecule has 1 saturated heterocycles. The molecule has 0 saturated carbocycles. The van der Waals surface area contributed by atoms with Gasteiger partial charge in [0.05, 0.1) is 5.41 Å². The molecule has 2 aliphatic rings. The Balaban J connectivity index is 1.86. The van der Waals surface area contributed by atoms with Gasteiger partial charge >= 0.3 is 5.97 Å². The van der Waals surface area contributed by atoms with Crippen molar-refractivity contribution in [1.29, 1.82) is 0 Å². The van der Waals surface area contributed by atoms with Crippen molar-refractivity contribution in [3.05, 3.63) is 69.7 Å². The molecule has 1 heterocycles. The molecule has 0 N–H and O–H groups in total. The zero-order chi connectivity index (χ0) is 17.8. The number of hydrogen-bond donors (Lipinski definition) is 0. The zero-order valence-electron chi connectivity index (χ0n) is 14.2. The van der Waals surface area contributed by atoms with Gasteiger partial charge in [-0.3, -0.25) is 9.59 Å². The number of hydrogen-bond acceptors (Lipinski definition) is 3. The lowest BCUT2D eigenvalue weighted by atomic mass is 9.63. The Labute approximate surface area is 155 Å². The zero-order valence-corrected chi connectivity index (χ0v) is 15.8. The van der Waals surface area contributed by atoms with E-state index in [9.17, 15) is 9.59 Å². The number of carbonyl (C=O) groups is 2.